The molecule has 2 nitrogen and oxygen atoms in total. The monoisotopic (exact) mass is 245 g/mol. The van der Waals surface area contributed by atoms with Crippen molar-refractivity contribution in [2.45, 2.75) is 44.7 Å². The number of rotatable bonds is 3. The largest absolute Gasteiger partial charge is 0.381 e. The summed E-state index contributed by atoms with van der Waals surface area (Å²) in [7, 11) is 0. The highest BCUT2D eigenvalue weighted by atomic mass is 16.5. The van der Waals surface area contributed by atoms with Crippen molar-refractivity contribution in [2.75, 3.05) is 13.2 Å². The number of aryl methyl sites for hydroxylation is 1. The van der Waals surface area contributed by atoms with Gasteiger partial charge in [0.05, 0.1) is 6.61 Å². The zero-order valence-corrected chi connectivity index (χ0v) is 11.2. The van der Waals surface area contributed by atoms with E-state index in [9.17, 15) is 0 Å². The minimum atomic E-state index is 0.586. The van der Waals surface area contributed by atoms with Gasteiger partial charge in [0.2, 0.25) is 0 Å². The van der Waals surface area contributed by atoms with Crippen molar-refractivity contribution >= 4 is 0 Å². The molecule has 3 rings (SSSR count). The second-order valence-electron chi connectivity index (χ2n) is 5.79. The van der Waals surface area contributed by atoms with Crippen LogP contribution in [0, 0.1) is 5.92 Å². The molecule has 1 heterocycles. The van der Waals surface area contributed by atoms with Crippen LogP contribution in [0.5, 0.6) is 0 Å². The first kappa shape index (κ1) is 12.2. The number of hydrogen-bond acceptors (Lipinski definition) is 2. The van der Waals surface area contributed by atoms with Gasteiger partial charge in [-0.2, -0.15) is 0 Å². The van der Waals surface area contributed by atoms with E-state index in [0.717, 1.165) is 13.2 Å². The molecule has 0 saturated carbocycles. The number of benzene rings is 1. The fourth-order valence-corrected chi connectivity index (χ4v) is 3.29. The van der Waals surface area contributed by atoms with Gasteiger partial charge in [-0.05, 0) is 49.7 Å². The molecule has 1 aromatic rings. The minimum Gasteiger partial charge on any atom is -0.381 e. The van der Waals surface area contributed by atoms with Gasteiger partial charge in [-0.15, -0.1) is 0 Å². The maximum Gasteiger partial charge on any atom is 0.0509 e. The van der Waals surface area contributed by atoms with Gasteiger partial charge >= 0.3 is 0 Å². The lowest BCUT2D eigenvalue weighted by Gasteiger charge is -2.30. The Hall–Kier alpha value is -0.860. The Morgan fingerprint density at radius 3 is 2.83 bits per heavy atom. The SMILES string of the molecule is CC(NC1CCc2ccccc2C1)C1CCOC1. The Morgan fingerprint density at radius 2 is 2.06 bits per heavy atom. The Morgan fingerprint density at radius 1 is 1.22 bits per heavy atom. The summed E-state index contributed by atoms with van der Waals surface area (Å²) in [6.45, 7) is 4.21. The van der Waals surface area contributed by atoms with E-state index >= 15 is 0 Å². The highest BCUT2D eigenvalue weighted by Gasteiger charge is 2.26. The van der Waals surface area contributed by atoms with Gasteiger partial charge in [0.25, 0.3) is 0 Å². The maximum absolute atomic E-state index is 5.48. The molecule has 0 aromatic heterocycles. The standard InChI is InChI=1S/C16H23NO/c1-12(15-8-9-18-11-15)17-16-7-6-13-4-2-3-5-14(13)10-16/h2-5,12,15-17H,6-11H2,1H3. The first-order valence-electron chi connectivity index (χ1n) is 7.23. The van der Waals surface area contributed by atoms with Crippen LogP contribution in [-0.2, 0) is 17.6 Å². The van der Waals surface area contributed by atoms with Crippen LogP contribution < -0.4 is 5.32 Å². The van der Waals surface area contributed by atoms with Crippen LogP contribution in [-0.4, -0.2) is 25.3 Å². The highest BCUT2D eigenvalue weighted by Crippen LogP contribution is 2.23. The summed E-state index contributed by atoms with van der Waals surface area (Å²) in [5.41, 5.74) is 3.09. The Kier molecular flexibility index (Phi) is 3.67. The number of ether oxygens (including phenoxy) is 1. The molecule has 1 N–H and O–H groups in total. The van der Waals surface area contributed by atoms with Gasteiger partial charge in [0.1, 0.15) is 0 Å². The van der Waals surface area contributed by atoms with Gasteiger partial charge in [-0.1, -0.05) is 24.3 Å². The lowest BCUT2D eigenvalue weighted by molar-refractivity contribution is 0.176. The zero-order chi connectivity index (χ0) is 12.4. The fourth-order valence-electron chi connectivity index (χ4n) is 3.29. The minimum absolute atomic E-state index is 0.586. The molecule has 2 aliphatic rings. The van der Waals surface area contributed by atoms with Gasteiger partial charge in [0, 0.05) is 18.7 Å². The van der Waals surface area contributed by atoms with E-state index in [4.69, 9.17) is 4.74 Å². The summed E-state index contributed by atoms with van der Waals surface area (Å²) in [6, 6.07) is 10.1. The normalized spacial score (nSPS) is 28.9. The smallest absolute Gasteiger partial charge is 0.0509 e. The van der Waals surface area contributed by atoms with Crippen molar-refractivity contribution < 1.29 is 4.74 Å². The van der Waals surface area contributed by atoms with E-state index in [0.29, 0.717) is 18.0 Å². The summed E-state index contributed by atoms with van der Waals surface area (Å²) in [5, 5.41) is 3.82. The van der Waals surface area contributed by atoms with Crippen molar-refractivity contribution in [3.8, 4) is 0 Å². The van der Waals surface area contributed by atoms with E-state index in [1.807, 2.05) is 0 Å². The average Bonchev–Trinajstić information content (AvgIpc) is 2.92. The highest BCUT2D eigenvalue weighted by molar-refractivity contribution is 5.30. The van der Waals surface area contributed by atoms with E-state index < -0.39 is 0 Å². The van der Waals surface area contributed by atoms with Gasteiger partial charge in [0.15, 0.2) is 0 Å². The van der Waals surface area contributed by atoms with E-state index in [1.165, 1.54) is 31.2 Å². The number of fused-ring (bicyclic) bond motifs is 1. The predicted octanol–water partition coefficient (Wildman–Crippen LogP) is 2.56. The van der Waals surface area contributed by atoms with Crippen molar-refractivity contribution in [1.82, 2.24) is 5.32 Å². The van der Waals surface area contributed by atoms with E-state index in [2.05, 4.69) is 36.5 Å². The average molecular weight is 245 g/mol. The molecule has 98 valence electrons. The molecule has 18 heavy (non-hydrogen) atoms. The summed E-state index contributed by atoms with van der Waals surface area (Å²) >= 11 is 0. The van der Waals surface area contributed by atoms with Gasteiger partial charge in [-0.3, -0.25) is 0 Å². The molecular weight excluding hydrogens is 222 g/mol. The molecule has 2 heteroatoms. The van der Waals surface area contributed by atoms with Crippen LogP contribution in [0.4, 0.5) is 0 Å². The van der Waals surface area contributed by atoms with Gasteiger partial charge in [-0.25, -0.2) is 0 Å². The van der Waals surface area contributed by atoms with Gasteiger partial charge < -0.3 is 10.1 Å². The third kappa shape index (κ3) is 2.60. The molecule has 1 fully saturated rings. The summed E-state index contributed by atoms with van der Waals surface area (Å²) in [6.07, 6.45) is 4.90. The first-order chi connectivity index (χ1) is 8.83. The summed E-state index contributed by atoms with van der Waals surface area (Å²) < 4.78 is 5.48. The van der Waals surface area contributed by atoms with Crippen LogP contribution in [0.15, 0.2) is 24.3 Å². The maximum atomic E-state index is 5.48. The van der Waals surface area contributed by atoms with Crippen LogP contribution in [0.25, 0.3) is 0 Å². The van der Waals surface area contributed by atoms with Crippen LogP contribution >= 0.6 is 0 Å². The molecule has 1 aliphatic carbocycles. The molecule has 0 spiro atoms. The predicted molar refractivity (Wildman–Crippen MR) is 73.8 cm³/mol. The molecule has 0 amide bonds. The lowest BCUT2D eigenvalue weighted by Crippen LogP contribution is -2.43. The van der Waals surface area contributed by atoms with Crippen LogP contribution in [0.1, 0.15) is 30.9 Å². The summed E-state index contributed by atoms with van der Waals surface area (Å²) in [5.74, 6) is 0.710. The number of nitrogens with one attached hydrogen (secondary N) is 1. The first-order valence-corrected chi connectivity index (χ1v) is 7.23. The summed E-state index contributed by atoms with van der Waals surface area (Å²) in [4.78, 5) is 0. The Bertz CT molecular complexity index is 398. The lowest BCUT2D eigenvalue weighted by atomic mass is 9.87. The van der Waals surface area contributed by atoms with Crippen molar-refractivity contribution in [1.29, 1.82) is 0 Å². The van der Waals surface area contributed by atoms with Crippen molar-refractivity contribution in [2.24, 2.45) is 5.92 Å². The van der Waals surface area contributed by atoms with Crippen LogP contribution in [0.2, 0.25) is 0 Å². The van der Waals surface area contributed by atoms with E-state index in [-0.39, 0.29) is 0 Å². The van der Waals surface area contributed by atoms with E-state index in [1.54, 1.807) is 5.56 Å². The molecule has 0 bridgehead atoms. The molecule has 3 atom stereocenters. The Labute approximate surface area is 110 Å². The second-order valence-corrected chi connectivity index (χ2v) is 5.79. The Balaban J connectivity index is 1.59. The fraction of sp³-hybridized carbons (Fsp3) is 0.625. The van der Waals surface area contributed by atoms with Crippen LogP contribution in [0.3, 0.4) is 0 Å². The third-order valence-electron chi connectivity index (χ3n) is 4.52. The van der Waals surface area contributed by atoms with Crippen molar-refractivity contribution in [3.05, 3.63) is 35.4 Å². The molecule has 1 saturated heterocycles. The molecule has 3 unspecified atom stereocenters. The zero-order valence-electron chi connectivity index (χ0n) is 11.2. The quantitative estimate of drug-likeness (QED) is 0.883. The topological polar surface area (TPSA) is 21.3 Å². The second kappa shape index (κ2) is 5.41. The van der Waals surface area contributed by atoms with Crippen molar-refractivity contribution in [3.63, 3.8) is 0 Å². The molecule has 1 aliphatic heterocycles. The molecule has 1 aromatic carbocycles. The third-order valence-corrected chi connectivity index (χ3v) is 4.52. The molecule has 0 radical (unpaired) electrons. The number of hydrogen-bond donors (Lipinski definition) is 1. The molecular formula is C16H23NO.